The number of amides is 1. The van der Waals surface area contributed by atoms with Gasteiger partial charge in [0.15, 0.2) is 0 Å². The Balaban J connectivity index is 1.13. The lowest BCUT2D eigenvalue weighted by Crippen LogP contribution is -2.45. The highest BCUT2D eigenvalue weighted by molar-refractivity contribution is 5.94. The molecule has 5 rings (SSSR count). The average Bonchev–Trinajstić information content (AvgIpc) is 3.51. The first-order chi connectivity index (χ1) is 16.5. The van der Waals surface area contributed by atoms with Crippen LogP contribution in [0.2, 0.25) is 0 Å². The maximum Gasteiger partial charge on any atom is 0.338 e. The van der Waals surface area contributed by atoms with E-state index in [1.54, 1.807) is 16.9 Å². The lowest BCUT2D eigenvalue weighted by molar-refractivity contribution is 0.0534. The quantitative estimate of drug-likeness (QED) is 0.549. The minimum atomic E-state index is -0.638. The Bertz CT molecular complexity index is 1180. The number of esters is 1. The van der Waals surface area contributed by atoms with Crippen LogP contribution in [-0.4, -0.2) is 57.3 Å². The van der Waals surface area contributed by atoms with E-state index in [0.717, 1.165) is 48.3 Å². The van der Waals surface area contributed by atoms with Crippen molar-refractivity contribution >= 4 is 11.9 Å². The summed E-state index contributed by atoms with van der Waals surface area (Å²) in [4.78, 5) is 26.7. The van der Waals surface area contributed by atoms with Crippen molar-refractivity contribution in [2.75, 3.05) is 19.6 Å². The molecule has 2 aliphatic rings. The number of aliphatic hydroxyl groups excluding tert-OH is 1. The van der Waals surface area contributed by atoms with Gasteiger partial charge in [-0.05, 0) is 67.3 Å². The van der Waals surface area contributed by atoms with Crippen molar-refractivity contribution in [3.8, 4) is 5.69 Å². The molecule has 8 nitrogen and oxygen atoms in total. The topological polar surface area (TPSA) is 96.7 Å². The van der Waals surface area contributed by atoms with E-state index >= 15 is 0 Å². The third-order valence-corrected chi connectivity index (χ3v) is 6.82. The minimum absolute atomic E-state index is 0.0731. The summed E-state index contributed by atoms with van der Waals surface area (Å²) in [7, 11) is 0. The summed E-state index contributed by atoms with van der Waals surface area (Å²) in [5.74, 6) is -0.367. The highest BCUT2D eigenvalue weighted by atomic mass is 16.5. The Morgan fingerprint density at radius 2 is 1.97 bits per heavy atom. The molecule has 2 aromatic carbocycles. The van der Waals surface area contributed by atoms with Gasteiger partial charge in [0, 0.05) is 49.2 Å². The van der Waals surface area contributed by atoms with Gasteiger partial charge in [0.25, 0.3) is 5.91 Å². The monoisotopic (exact) mass is 460 g/mol. The van der Waals surface area contributed by atoms with Gasteiger partial charge < -0.3 is 20.1 Å². The summed E-state index contributed by atoms with van der Waals surface area (Å²) in [6.07, 6.45) is 4.60. The fraction of sp³-hybridized carbons (Fsp3) is 0.346. The Morgan fingerprint density at radius 3 is 2.68 bits per heavy atom. The molecule has 3 heterocycles. The van der Waals surface area contributed by atoms with E-state index in [4.69, 9.17) is 4.74 Å². The molecule has 176 valence electrons. The number of β-amino-alcohol motifs (C(OH)–C–C–N with tert-alkyl or cyclic N) is 1. The molecule has 0 saturated carbocycles. The molecule has 34 heavy (non-hydrogen) atoms. The lowest BCUT2D eigenvalue weighted by Gasteiger charge is -2.33. The Morgan fingerprint density at radius 1 is 1.21 bits per heavy atom. The largest absolute Gasteiger partial charge is 0.457 e. The second-order valence-corrected chi connectivity index (χ2v) is 8.94. The maximum absolute atomic E-state index is 12.7. The van der Waals surface area contributed by atoms with E-state index in [1.807, 2.05) is 49.5 Å². The number of benzene rings is 2. The number of likely N-dealkylation sites (tertiary alicyclic amines) is 1. The van der Waals surface area contributed by atoms with Crippen LogP contribution in [0, 0.1) is 6.92 Å². The van der Waals surface area contributed by atoms with E-state index in [-0.39, 0.29) is 24.5 Å². The van der Waals surface area contributed by atoms with Crippen molar-refractivity contribution in [1.29, 1.82) is 0 Å². The number of nitrogens with zero attached hydrogens (tertiary/aromatic N) is 3. The zero-order valence-electron chi connectivity index (χ0n) is 19.1. The number of aliphatic hydroxyl groups is 1. The molecule has 1 atom stereocenters. The van der Waals surface area contributed by atoms with Gasteiger partial charge in [-0.3, -0.25) is 4.79 Å². The van der Waals surface area contributed by atoms with Crippen LogP contribution in [-0.2, 0) is 11.3 Å². The first-order valence-electron chi connectivity index (χ1n) is 11.6. The van der Waals surface area contributed by atoms with E-state index in [0.29, 0.717) is 17.7 Å². The standard InChI is InChI=1S/C26H28N4O4/c1-17-21(7-8-22-23(17)16-34-26(22)33)24(31)15-29-13-9-19(10-14-29)28-25(32)18-3-5-20(6-4-18)30-12-2-11-27-30/h2-8,11-12,19,24,31H,9-10,13-16H2,1H3,(H,28,32). The number of aromatic nitrogens is 2. The predicted octanol–water partition coefficient (Wildman–Crippen LogP) is 2.78. The number of hydrogen-bond donors (Lipinski definition) is 2. The van der Waals surface area contributed by atoms with Gasteiger partial charge >= 0.3 is 5.97 Å². The number of carbonyl (C=O) groups is 2. The van der Waals surface area contributed by atoms with E-state index in [9.17, 15) is 14.7 Å². The second kappa shape index (κ2) is 9.40. The number of piperidine rings is 1. The highest BCUT2D eigenvalue weighted by Crippen LogP contribution is 2.29. The second-order valence-electron chi connectivity index (χ2n) is 8.94. The molecule has 0 spiro atoms. The number of nitrogens with one attached hydrogen (secondary N) is 1. The lowest BCUT2D eigenvalue weighted by atomic mass is 9.94. The van der Waals surface area contributed by atoms with Crippen molar-refractivity contribution < 1.29 is 19.4 Å². The van der Waals surface area contributed by atoms with Crippen molar-refractivity contribution in [2.24, 2.45) is 0 Å². The molecular formula is C26H28N4O4. The fourth-order valence-electron chi connectivity index (χ4n) is 4.79. The van der Waals surface area contributed by atoms with Crippen molar-refractivity contribution in [2.45, 2.75) is 38.5 Å². The number of carbonyl (C=O) groups excluding carboxylic acids is 2. The third-order valence-electron chi connectivity index (χ3n) is 6.82. The first kappa shape index (κ1) is 22.3. The maximum atomic E-state index is 12.7. The van der Waals surface area contributed by atoms with Crippen LogP contribution in [0.4, 0.5) is 0 Å². The fourth-order valence-corrected chi connectivity index (χ4v) is 4.79. The molecule has 1 fully saturated rings. The Kier molecular flexibility index (Phi) is 6.17. The molecule has 2 N–H and O–H groups in total. The summed E-state index contributed by atoms with van der Waals surface area (Å²) in [6, 6.07) is 12.9. The number of cyclic esters (lactones) is 1. The third kappa shape index (κ3) is 4.47. The molecule has 1 unspecified atom stereocenters. The van der Waals surface area contributed by atoms with Gasteiger partial charge in [-0.25, -0.2) is 9.48 Å². The molecule has 0 aliphatic carbocycles. The van der Waals surface area contributed by atoms with Gasteiger partial charge in [-0.1, -0.05) is 6.07 Å². The van der Waals surface area contributed by atoms with Crippen LogP contribution < -0.4 is 5.32 Å². The summed E-state index contributed by atoms with van der Waals surface area (Å²) < 4.78 is 6.87. The van der Waals surface area contributed by atoms with Gasteiger partial charge in [0.2, 0.25) is 0 Å². The van der Waals surface area contributed by atoms with Crippen LogP contribution in [0.25, 0.3) is 5.69 Å². The van der Waals surface area contributed by atoms with E-state index in [2.05, 4.69) is 15.3 Å². The zero-order valence-corrected chi connectivity index (χ0v) is 19.1. The summed E-state index contributed by atoms with van der Waals surface area (Å²) in [5, 5.41) is 18.2. The number of fused-ring (bicyclic) bond motifs is 1. The molecule has 0 radical (unpaired) electrons. The van der Waals surface area contributed by atoms with Crippen molar-refractivity contribution in [3.05, 3.63) is 82.7 Å². The normalized spacial score (nSPS) is 17.3. The van der Waals surface area contributed by atoms with Crippen LogP contribution in [0.5, 0.6) is 0 Å². The van der Waals surface area contributed by atoms with Crippen molar-refractivity contribution in [3.63, 3.8) is 0 Å². The predicted molar refractivity (Wildman–Crippen MR) is 126 cm³/mol. The molecule has 2 aliphatic heterocycles. The summed E-state index contributed by atoms with van der Waals surface area (Å²) >= 11 is 0. The van der Waals surface area contributed by atoms with Crippen LogP contribution >= 0.6 is 0 Å². The minimum Gasteiger partial charge on any atom is -0.457 e. The number of hydrogen-bond acceptors (Lipinski definition) is 6. The number of rotatable bonds is 6. The molecule has 8 heteroatoms. The van der Waals surface area contributed by atoms with Gasteiger partial charge in [-0.2, -0.15) is 5.10 Å². The van der Waals surface area contributed by atoms with Crippen LogP contribution in [0.15, 0.2) is 54.9 Å². The molecule has 0 bridgehead atoms. The zero-order chi connectivity index (χ0) is 23.7. The Hall–Kier alpha value is -3.49. The Labute approximate surface area is 198 Å². The van der Waals surface area contributed by atoms with Crippen molar-refractivity contribution in [1.82, 2.24) is 20.0 Å². The van der Waals surface area contributed by atoms with Crippen LogP contribution in [0.1, 0.15) is 56.4 Å². The molecule has 1 saturated heterocycles. The van der Waals surface area contributed by atoms with E-state index in [1.165, 1.54) is 0 Å². The summed E-state index contributed by atoms with van der Waals surface area (Å²) in [5.41, 5.74) is 4.78. The molecule has 1 aromatic heterocycles. The number of ether oxygens (including phenoxy) is 1. The average molecular weight is 461 g/mol. The first-order valence-corrected chi connectivity index (χ1v) is 11.6. The molecule has 1 amide bonds. The van der Waals surface area contributed by atoms with Gasteiger partial charge in [0.05, 0.1) is 17.4 Å². The molecule has 3 aromatic rings. The van der Waals surface area contributed by atoms with E-state index < -0.39 is 6.10 Å². The SMILES string of the molecule is Cc1c(C(O)CN2CCC(NC(=O)c3ccc(-n4cccn4)cc3)CC2)ccc2c1COC2=O. The summed E-state index contributed by atoms with van der Waals surface area (Å²) in [6.45, 7) is 4.32. The highest BCUT2D eigenvalue weighted by Gasteiger charge is 2.27. The van der Waals surface area contributed by atoms with Crippen LogP contribution in [0.3, 0.4) is 0 Å². The molecular weight excluding hydrogens is 432 g/mol. The van der Waals surface area contributed by atoms with Gasteiger partial charge in [0.1, 0.15) is 6.61 Å². The van der Waals surface area contributed by atoms with Gasteiger partial charge in [-0.15, -0.1) is 0 Å². The smallest absolute Gasteiger partial charge is 0.338 e.